The Kier molecular flexibility index (Phi) is 6.62. The van der Waals surface area contributed by atoms with Gasteiger partial charge in [0, 0.05) is 31.4 Å². The molecule has 1 aliphatic rings. The number of carbonyl (C=O) groups is 2. The monoisotopic (exact) mass is 321 g/mol. The summed E-state index contributed by atoms with van der Waals surface area (Å²) in [5.74, 6) is 0.567. The number of aromatic nitrogens is 2. The van der Waals surface area contributed by atoms with E-state index >= 15 is 0 Å². The molecule has 0 aromatic carbocycles. The lowest BCUT2D eigenvalue weighted by molar-refractivity contribution is -0.147. The Bertz CT molecular complexity index is 527. The van der Waals surface area contributed by atoms with Crippen molar-refractivity contribution in [3.63, 3.8) is 0 Å². The minimum atomic E-state index is -0.206. The van der Waals surface area contributed by atoms with Crippen molar-refractivity contribution in [2.24, 2.45) is 5.92 Å². The van der Waals surface area contributed by atoms with Gasteiger partial charge in [-0.2, -0.15) is 0 Å². The van der Waals surface area contributed by atoms with Gasteiger partial charge >= 0.3 is 5.97 Å². The Hall–Kier alpha value is -1.85. The van der Waals surface area contributed by atoms with Gasteiger partial charge in [-0.1, -0.05) is 19.3 Å². The molecule has 1 saturated carbocycles. The van der Waals surface area contributed by atoms with E-state index in [9.17, 15) is 9.59 Å². The summed E-state index contributed by atoms with van der Waals surface area (Å²) in [6.07, 6.45) is 9.74. The molecule has 1 N–H and O–H groups in total. The number of esters is 1. The van der Waals surface area contributed by atoms with E-state index in [0.29, 0.717) is 6.42 Å². The molecule has 0 radical (unpaired) electrons. The third-order valence-electron chi connectivity index (χ3n) is 4.59. The predicted octanol–water partition coefficient (Wildman–Crippen LogP) is 2.21. The summed E-state index contributed by atoms with van der Waals surface area (Å²) < 4.78 is 6.94. The van der Waals surface area contributed by atoms with Gasteiger partial charge in [0.1, 0.15) is 5.82 Å². The van der Waals surface area contributed by atoms with Crippen LogP contribution in [0, 0.1) is 12.8 Å². The third kappa shape index (κ3) is 5.08. The van der Waals surface area contributed by atoms with Crippen molar-refractivity contribution in [3.8, 4) is 0 Å². The van der Waals surface area contributed by atoms with E-state index in [2.05, 4.69) is 10.3 Å². The second kappa shape index (κ2) is 8.70. The number of hydrogen-bond acceptors (Lipinski definition) is 4. The lowest BCUT2D eigenvalue weighted by Gasteiger charge is -2.24. The Morgan fingerprint density at radius 2 is 2.13 bits per heavy atom. The largest absolute Gasteiger partial charge is 0.469 e. The van der Waals surface area contributed by atoms with Crippen LogP contribution in [0.2, 0.25) is 0 Å². The van der Waals surface area contributed by atoms with Crippen LogP contribution in [0.3, 0.4) is 0 Å². The second-order valence-corrected chi connectivity index (χ2v) is 6.21. The van der Waals surface area contributed by atoms with Gasteiger partial charge in [0.15, 0.2) is 0 Å². The summed E-state index contributed by atoms with van der Waals surface area (Å²) in [6.45, 7) is 2.73. The van der Waals surface area contributed by atoms with E-state index in [-0.39, 0.29) is 23.8 Å². The number of amides is 1. The van der Waals surface area contributed by atoms with Gasteiger partial charge in [0.05, 0.1) is 13.0 Å². The molecule has 1 fully saturated rings. The SMILES string of the molecule is COC(=O)[C@@H]1CCCCC[C@H]1NC(=O)CCCn1ccnc1C. The van der Waals surface area contributed by atoms with Crippen molar-refractivity contribution < 1.29 is 14.3 Å². The number of ether oxygens (including phenoxy) is 1. The van der Waals surface area contributed by atoms with Crippen molar-refractivity contribution >= 4 is 11.9 Å². The molecular weight excluding hydrogens is 294 g/mol. The average Bonchev–Trinajstić information content (AvgIpc) is 2.81. The number of hydrogen-bond donors (Lipinski definition) is 1. The molecule has 2 rings (SSSR count). The van der Waals surface area contributed by atoms with Crippen LogP contribution in [0.5, 0.6) is 0 Å². The first-order chi connectivity index (χ1) is 11.1. The van der Waals surface area contributed by atoms with Gasteiger partial charge < -0.3 is 14.6 Å². The van der Waals surface area contributed by atoms with Crippen molar-refractivity contribution in [2.75, 3.05) is 7.11 Å². The molecule has 0 unspecified atom stereocenters. The summed E-state index contributed by atoms with van der Waals surface area (Å²) in [5, 5.41) is 3.05. The Labute approximate surface area is 137 Å². The predicted molar refractivity (Wildman–Crippen MR) is 86.7 cm³/mol. The highest BCUT2D eigenvalue weighted by atomic mass is 16.5. The van der Waals surface area contributed by atoms with E-state index in [1.165, 1.54) is 7.11 Å². The highest BCUT2D eigenvalue weighted by Gasteiger charge is 2.31. The maximum Gasteiger partial charge on any atom is 0.310 e. The number of nitrogens with zero attached hydrogens (tertiary/aromatic N) is 2. The van der Waals surface area contributed by atoms with Crippen molar-refractivity contribution in [1.29, 1.82) is 0 Å². The second-order valence-electron chi connectivity index (χ2n) is 6.21. The van der Waals surface area contributed by atoms with Gasteiger partial charge in [-0.25, -0.2) is 4.98 Å². The van der Waals surface area contributed by atoms with Crippen LogP contribution in [-0.4, -0.2) is 34.6 Å². The first kappa shape index (κ1) is 17.5. The summed E-state index contributed by atoms with van der Waals surface area (Å²) >= 11 is 0. The van der Waals surface area contributed by atoms with Crippen LogP contribution in [0.4, 0.5) is 0 Å². The van der Waals surface area contributed by atoms with Gasteiger partial charge in [-0.05, 0) is 26.2 Å². The third-order valence-corrected chi connectivity index (χ3v) is 4.59. The molecule has 23 heavy (non-hydrogen) atoms. The summed E-state index contributed by atoms with van der Waals surface area (Å²) in [7, 11) is 1.42. The maximum absolute atomic E-state index is 12.2. The highest BCUT2D eigenvalue weighted by molar-refractivity contribution is 5.78. The minimum absolute atomic E-state index is 0.0172. The highest BCUT2D eigenvalue weighted by Crippen LogP contribution is 2.24. The van der Waals surface area contributed by atoms with Crippen LogP contribution in [-0.2, 0) is 20.9 Å². The smallest absolute Gasteiger partial charge is 0.310 e. The van der Waals surface area contributed by atoms with E-state index in [1.54, 1.807) is 6.20 Å². The van der Waals surface area contributed by atoms with Gasteiger partial charge in [0.2, 0.25) is 5.91 Å². The zero-order valence-corrected chi connectivity index (χ0v) is 14.1. The van der Waals surface area contributed by atoms with Gasteiger partial charge in [0.25, 0.3) is 0 Å². The summed E-state index contributed by atoms with van der Waals surface area (Å²) in [6, 6.07) is -0.0903. The molecule has 128 valence electrons. The van der Waals surface area contributed by atoms with Crippen LogP contribution in [0.1, 0.15) is 50.8 Å². The minimum Gasteiger partial charge on any atom is -0.469 e. The molecule has 6 nitrogen and oxygen atoms in total. The van der Waals surface area contributed by atoms with E-state index in [4.69, 9.17) is 4.74 Å². The molecule has 6 heteroatoms. The fraction of sp³-hybridized carbons (Fsp3) is 0.706. The van der Waals surface area contributed by atoms with E-state index in [1.807, 2.05) is 17.7 Å². The number of methoxy groups -OCH3 is 1. The number of aryl methyl sites for hydroxylation is 2. The zero-order chi connectivity index (χ0) is 16.7. The Morgan fingerprint density at radius 1 is 1.35 bits per heavy atom. The van der Waals surface area contributed by atoms with E-state index in [0.717, 1.165) is 50.9 Å². The van der Waals surface area contributed by atoms with Crippen LogP contribution in [0.25, 0.3) is 0 Å². The summed E-state index contributed by atoms with van der Waals surface area (Å²) in [4.78, 5) is 28.3. The normalized spacial score (nSPS) is 21.5. The molecule has 1 heterocycles. The molecule has 1 aliphatic carbocycles. The van der Waals surface area contributed by atoms with Gasteiger partial charge in [-0.3, -0.25) is 9.59 Å². The number of rotatable bonds is 6. The quantitative estimate of drug-likeness (QED) is 0.644. The lowest BCUT2D eigenvalue weighted by Crippen LogP contribution is -2.43. The molecule has 2 atom stereocenters. The fourth-order valence-corrected chi connectivity index (χ4v) is 3.24. The average molecular weight is 321 g/mol. The first-order valence-electron chi connectivity index (χ1n) is 8.46. The molecule has 1 amide bonds. The number of carbonyl (C=O) groups excluding carboxylic acids is 2. The fourth-order valence-electron chi connectivity index (χ4n) is 3.24. The van der Waals surface area contributed by atoms with Crippen LogP contribution >= 0.6 is 0 Å². The molecule has 0 saturated heterocycles. The van der Waals surface area contributed by atoms with Crippen LogP contribution in [0.15, 0.2) is 12.4 Å². The molecule has 0 spiro atoms. The van der Waals surface area contributed by atoms with Crippen LogP contribution < -0.4 is 5.32 Å². The number of imidazole rings is 1. The lowest BCUT2D eigenvalue weighted by atomic mass is 9.94. The molecule has 0 bridgehead atoms. The molecule has 0 aliphatic heterocycles. The van der Waals surface area contributed by atoms with Crippen molar-refractivity contribution in [1.82, 2.24) is 14.9 Å². The van der Waals surface area contributed by atoms with Crippen molar-refractivity contribution in [3.05, 3.63) is 18.2 Å². The summed E-state index contributed by atoms with van der Waals surface area (Å²) in [5.41, 5.74) is 0. The molecule has 1 aromatic rings. The first-order valence-corrected chi connectivity index (χ1v) is 8.46. The van der Waals surface area contributed by atoms with Crippen molar-refractivity contribution in [2.45, 2.75) is 64.5 Å². The topological polar surface area (TPSA) is 73.2 Å². The standard InChI is InChI=1S/C17H27N3O3/c1-13-18-10-12-20(13)11-6-9-16(21)19-15-8-5-3-4-7-14(15)17(22)23-2/h10,12,14-15H,3-9,11H2,1-2H3,(H,19,21)/t14-,15-/m1/s1. The van der Waals surface area contributed by atoms with Gasteiger partial charge in [-0.15, -0.1) is 0 Å². The molecule has 1 aromatic heterocycles. The maximum atomic E-state index is 12.2. The van der Waals surface area contributed by atoms with E-state index < -0.39 is 0 Å². The zero-order valence-electron chi connectivity index (χ0n) is 14.1. The molecular formula is C17H27N3O3. The Morgan fingerprint density at radius 3 is 2.83 bits per heavy atom. The number of nitrogens with one attached hydrogen (secondary N) is 1. The Balaban J connectivity index is 1.81.